The molecule has 6 atom stereocenters. The van der Waals surface area contributed by atoms with Crippen molar-refractivity contribution in [1.82, 2.24) is 10.2 Å². The van der Waals surface area contributed by atoms with Crippen molar-refractivity contribution in [3.8, 4) is 0 Å². The summed E-state index contributed by atoms with van der Waals surface area (Å²) >= 11 is 0. The second kappa shape index (κ2) is 19.2. The molecular formula is C36H56N2O8. The number of esters is 1. The topological polar surface area (TPSA) is 147 Å². The molecule has 0 spiro atoms. The molecule has 0 bridgehead atoms. The number of carbonyl (C=O) groups is 6. The highest BCUT2D eigenvalue weighted by molar-refractivity contribution is 6.03. The van der Waals surface area contributed by atoms with E-state index in [9.17, 15) is 28.8 Å². The predicted molar refractivity (Wildman–Crippen MR) is 176 cm³/mol. The standard InChI is InChI=1S/C27H40N2O5.C9H16O3/c1-17(2)15-22(28-25(31)20(6)24(30)19(5)18(3)4)26(32)29-14-10-13-23(29)27(33)34-16-21-11-8-7-9-12-21;1-5(2)6(3)8(10)7(4)9(11)12/h7-9,11-12,17-20,22-23H,10,13-16H2,1-6H3,(H,28,31);5-7H,1-4H3,(H,11,12)/t19-,20+,22-,23-;6-,7+/m00/s1. The van der Waals surface area contributed by atoms with E-state index in [2.05, 4.69) is 5.32 Å². The third-order valence-corrected chi connectivity index (χ3v) is 8.87. The Balaban J connectivity index is 0.000000745. The normalized spacial score (nSPS) is 17.8. The van der Waals surface area contributed by atoms with Gasteiger partial charge in [0.15, 0.2) is 0 Å². The van der Waals surface area contributed by atoms with E-state index in [0.717, 1.165) is 5.56 Å². The van der Waals surface area contributed by atoms with Crippen LogP contribution in [0.15, 0.2) is 30.3 Å². The van der Waals surface area contributed by atoms with Gasteiger partial charge in [-0.3, -0.25) is 24.0 Å². The minimum atomic E-state index is -1.03. The Labute approximate surface area is 275 Å². The molecular weight excluding hydrogens is 588 g/mol. The summed E-state index contributed by atoms with van der Waals surface area (Å²) < 4.78 is 5.49. The van der Waals surface area contributed by atoms with Gasteiger partial charge in [-0.1, -0.05) is 85.7 Å². The number of amides is 2. The number of benzene rings is 1. The molecule has 0 unspecified atom stereocenters. The lowest BCUT2D eigenvalue weighted by atomic mass is 9.86. The van der Waals surface area contributed by atoms with Gasteiger partial charge in [0.25, 0.3) is 0 Å². The van der Waals surface area contributed by atoms with Crippen molar-refractivity contribution < 1.29 is 38.6 Å². The van der Waals surface area contributed by atoms with Crippen LogP contribution in [0.5, 0.6) is 0 Å². The van der Waals surface area contributed by atoms with Crippen molar-refractivity contribution >= 4 is 35.3 Å². The number of aliphatic carboxylic acids is 1. The number of carbonyl (C=O) groups excluding carboxylic acids is 5. The summed E-state index contributed by atoms with van der Waals surface area (Å²) in [6.45, 7) is 18.9. The predicted octanol–water partition coefficient (Wildman–Crippen LogP) is 5.32. The Morgan fingerprint density at radius 3 is 1.83 bits per heavy atom. The van der Waals surface area contributed by atoms with E-state index in [4.69, 9.17) is 9.84 Å². The lowest BCUT2D eigenvalue weighted by Crippen LogP contribution is -2.53. The summed E-state index contributed by atoms with van der Waals surface area (Å²) in [5.74, 6) is -4.18. The SMILES string of the molecule is CC(C)C[C@H](NC(=O)[C@H](C)C(=O)[C@@H](C)C(C)C)C(=O)N1CCC[C@H]1C(=O)OCc1ccccc1.CC(C)[C@H](C)C(=O)[C@@H](C)C(=O)O. The van der Waals surface area contributed by atoms with Gasteiger partial charge < -0.3 is 20.1 Å². The van der Waals surface area contributed by atoms with Gasteiger partial charge in [0.2, 0.25) is 11.8 Å². The Hall–Kier alpha value is -3.56. The van der Waals surface area contributed by atoms with Crippen LogP contribution in [-0.4, -0.2) is 64.0 Å². The number of ketones is 2. The van der Waals surface area contributed by atoms with E-state index in [1.165, 1.54) is 11.8 Å². The molecule has 0 radical (unpaired) electrons. The zero-order chi connectivity index (χ0) is 35.3. The molecule has 1 aromatic carbocycles. The fourth-order valence-electron chi connectivity index (χ4n) is 4.99. The molecule has 1 fully saturated rings. The van der Waals surface area contributed by atoms with Gasteiger partial charge in [-0.2, -0.15) is 0 Å². The Morgan fingerprint density at radius 1 is 0.826 bits per heavy atom. The number of likely N-dealkylation sites (tertiary alicyclic amines) is 1. The molecule has 10 nitrogen and oxygen atoms in total. The van der Waals surface area contributed by atoms with E-state index in [1.807, 2.05) is 78.8 Å². The van der Waals surface area contributed by atoms with Crippen LogP contribution >= 0.6 is 0 Å². The first kappa shape index (κ1) is 40.5. The fraction of sp³-hybridized carbons (Fsp3) is 0.667. The molecule has 1 aliphatic heterocycles. The molecule has 10 heteroatoms. The Kier molecular flexibility index (Phi) is 16.9. The van der Waals surface area contributed by atoms with Gasteiger partial charge in [0.05, 0.1) is 5.92 Å². The molecule has 0 aliphatic carbocycles. The Bertz CT molecular complexity index is 1180. The molecule has 1 aromatic rings. The second-order valence-corrected chi connectivity index (χ2v) is 13.6. The van der Waals surface area contributed by atoms with Crippen LogP contribution < -0.4 is 5.32 Å². The number of hydrogen-bond donors (Lipinski definition) is 2. The summed E-state index contributed by atoms with van der Waals surface area (Å²) in [5, 5.41) is 11.4. The van der Waals surface area contributed by atoms with Crippen molar-refractivity contribution in [1.29, 1.82) is 0 Å². The number of nitrogens with zero attached hydrogens (tertiary/aromatic N) is 1. The number of hydrogen-bond acceptors (Lipinski definition) is 7. The summed E-state index contributed by atoms with van der Waals surface area (Å²) in [6, 6.07) is 7.94. The number of nitrogens with one attached hydrogen (secondary N) is 1. The maximum Gasteiger partial charge on any atom is 0.329 e. The number of rotatable bonds is 15. The van der Waals surface area contributed by atoms with E-state index in [1.54, 1.807) is 13.8 Å². The number of carboxylic acids is 1. The Morgan fingerprint density at radius 2 is 1.35 bits per heavy atom. The van der Waals surface area contributed by atoms with Crippen LogP contribution in [0, 0.1) is 41.4 Å². The molecule has 1 aliphatic rings. The second-order valence-electron chi connectivity index (χ2n) is 13.6. The van der Waals surface area contributed by atoms with Gasteiger partial charge in [0.1, 0.15) is 36.2 Å². The quantitative estimate of drug-likeness (QED) is 0.193. The third kappa shape index (κ3) is 12.3. The van der Waals surface area contributed by atoms with Crippen molar-refractivity contribution in [3.05, 3.63) is 35.9 Å². The molecule has 0 saturated carbocycles. The molecule has 2 rings (SSSR count). The zero-order valence-electron chi connectivity index (χ0n) is 29.4. The molecule has 46 heavy (non-hydrogen) atoms. The molecule has 2 amide bonds. The number of ether oxygens (including phenoxy) is 1. The maximum atomic E-state index is 13.5. The van der Waals surface area contributed by atoms with Crippen LogP contribution in [0.2, 0.25) is 0 Å². The minimum absolute atomic E-state index is 0.128. The number of Topliss-reactive ketones (excluding diaryl/α,β-unsaturated/α-hetero) is 2. The van der Waals surface area contributed by atoms with Crippen LogP contribution in [0.1, 0.15) is 94.1 Å². The van der Waals surface area contributed by atoms with Crippen LogP contribution in [-0.2, 0) is 40.1 Å². The van der Waals surface area contributed by atoms with Gasteiger partial charge in [-0.15, -0.1) is 0 Å². The van der Waals surface area contributed by atoms with Gasteiger partial charge in [0, 0.05) is 18.4 Å². The van der Waals surface area contributed by atoms with Crippen LogP contribution in [0.4, 0.5) is 0 Å². The third-order valence-electron chi connectivity index (χ3n) is 8.87. The minimum Gasteiger partial charge on any atom is -0.481 e. The highest BCUT2D eigenvalue weighted by Gasteiger charge is 2.39. The summed E-state index contributed by atoms with van der Waals surface area (Å²) in [4.78, 5) is 75.1. The number of carboxylic acid groups (broad SMARTS) is 1. The van der Waals surface area contributed by atoms with Gasteiger partial charge >= 0.3 is 11.9 Å². The molecule has 2 N–H and O–H groups in total. The zero-order valence-corrected chi connectivity index (χ0v) is 29.4. The summed E-state index contributed by atoms with van der Waals surface area (Å²) in [6.07, 6.45) is 1.65. The van der Waals surface area contributed by atoms with Crippen LogP contribution in [0.3, 0.4) is 0 Å². The van der Waals surface area contributed by atoms with Crippen molar-refractivity contribution in [2.75, 3.05) is 6.54 Å². The molecule has 0 aromatic heterocycles. The first-order valence-corrected chi connectivity index (χ1v) is 16.5. The van der Waals surface area contributed by atoms with E-state index < -0.39 is 41.8 Å². The molecule has 1 saturated heterocycles. The van der Waals surface area contributed by atoms with Crippen molar-refractivity contribution in [3.63, 3.8) is 0 Å². The van der Waals surface area contributed by atoms with Crippen molar-refractivity contribution in [2.45, 2.75) is 107 Å². The van der Waals surface area contributed by atoms with E-state index >= 15 is 0 Å². The molecule has 258 valence electrons. The van der Waals surface area contributed by atoms with Gasteiger partial charge in [-0.25, -0.2) is 4.79 Å². The average Bonchev–Trinajstić information content (AvgIpc) is 3.51. The summed E-state index contributed by atoms with van der Waals surface area (Å²) in [5.41, 5.74) is 0.881. The summed E-state index contributed by atoms with van der Waals surface area (Å²) in [7, 11) is 0. The highest BCUT2D eigenvalue weighted by atomic mass is 16.5. The maximum absolute atomic E-state index is 13.5. The lowest BCUT2D eigenvalue weighted by molar-refractivity contribution is -0.155. The van der Waals surface area contributed by atoms with E-state index in [-0.39, 0.29) is 53.7 Å². The average molecular weight is 645 g/mol. The first-order chi connectivity index (χ1) is 21.4. The van der Waals surface area contributed by atoms with Crippen molar-refractivity contribution in [2.24, 2.45) is 41.4 Å². The highest BCUT2D eigenvalue weighted by Crippen LogP contribution is 2.23. The van der Waals surface area contributed by atoms with Gasteiger partial charge in [-0.05, 0) is 56.4 Å². The smallest absolute Gasteiger partial charge is 0.329 e. The fourth-order valence-corrected chi connectivity index (χ4v) is 4.99. The first-order valence-electron chi connectivity index (χ1n) is 16.5. The largest absolute Gasteiger partial charge is 0.481 e. The van der Waals surface area contributed by atoms with E-state index in [0.29, 0.717) is 25.8 Å². The monoisotopic (exact) mass is 644 g/mol. The van der Waals surface area contributed by atoms with Crippen LogP contribution in [0.25, 0.3) is 0 Å². The molecule has 1 heterocycles. The lowest BCUT2D eigenvalue weighted by Gasteiger charge is -2.30.